The van der Waals surface area contributed by atoms with Gasteiger partial charge in [0.25, 0.3) is 5.91 Å². The summed E-state index contributed by atoms with van der Waals surface area (Å²) in [6.45, 7) is 0.724. The Morgan fingerprint density at radius 2 is 1.81 bits per heavy atom. The Morgan fingerprint density at radius 1 is 1.15 bits per heavy atom. The van der Waals surface area contributed by atoms with E-state index in [1.807, 2.05) is 0 Å². The highest BCUT2D eigenvalue weighted by atomic mass is 32.2. The van der Waals surface area contributed by atoms with Crippen LogP contribution in [0.1, 0.15) is 23.2 Å². The number of sulfonamides is 1. The van der Waals surface area contributed by atoms with Crippen LogP contribution >= 0.6 is 0 Å². The lowest BCUT2D eigenvalue weighted by atomic mass is 10.1. The zero-order valence-corrected chi connectivity index (χ0v) is 16.0. The van der Waals surface area contributed by atoms with Crippen molar-refractivity contribution in [2.24, 2.45) is 0 Å². The molecule has 144 valence electrons. The first kappa shape index (κ1) is 19.3. The molecule has 1 fully saturated rings. The number of halogens is 1. The molecule has 0 saturated carbocycles. The minimum Gasteiger partial charge on any atom is -0.495 e. The number of para-hydroxylation sites is 2. The molecule has 0 radical (unpaired) electrons. The Bertz CT molecular complexity index is 956. The molecule has 2 aromatic rings. The second-order valence-electron chi connectivity index (χ2n) is 6.29. The average molecular weight is 392 g/mol. The number of hydrogen-bond donors (Lipinski definition) is 0. The monoisotopic (exact) mass is 392 g/mol. The third-order valence-electron chi connectivity index (χ3n) is 4.61. The standard InChI is InChI=1S/C19H21FN2O4S/c1-21(16-7-3-4-8-17(16)26-2)19(23)14-9-10-15(20)18(13-14)27(24,25)22-11-5-6-12-22/h3-4,7-10,13H,5-6,11-12H2,1-2H3. The van der Waals surface area contributed by atoms with Crippen LogP contribution in [0.3, 0.4) is 0 Å². The third kappa shape index (κ3) is 3.68. The molecule has 0 N–H and O–H groups in total. The minimum absolute atomic E-state index is 0.0857. The third-order valence-corrected chi connectivity index (χ3v) is 6.53. The number of nitrogens with zero attached hydrogens (tertiary/aromatic N) is 2. The molecule has 1 aliphatic heterocycles. The number of carbonyl (C=O) groups is 1. The zero-order chi connectivity index (χ0) is 19.6. The number of anilines is 1. The van der Waals surface area contributed by atoms with Crippen LogP contribution in [-0.4, -0.2) is 45.9 Å². The van der Waals surface area contributed by atoms with Gasteiger partial charge in [-0.2, -0.15) is 4.31 Å². The van der Waals surface area contributed by atoms with E-state index in [2.05, 4.69) is 0 Å². The van der Waals surface area contributed by atoms with Crippen molar-refractivity contribution in [3.05, 3.63) is 53.8 Å². The highest BCUT2D eigenvalue weighted by molar-refractivity contribution is 7.89. The summed E-state index contributed by atoms with van der Waals surface area (Å²) < 4.78 is 46.2. The lowest BCUT2D eigenvalue weighted by Crippen LogP contribution is -2.30. The van der Waals surface area contributed by atoms with Crippen LogP contribution in [0, 0.1) is 5.82 Å². The van der Waals surface area contributed by atoms with Crippen LogP contribution in [0.25, 0.3) is 0 Å². The molecule has 3 rings (SSSR count). The molecule has 0 unspecified atom stereocenters. The lowest BCUT2D eigenvalue weighted by Gasteiger charge is -2.21. The lowest BCUT2D eigenvalue weighted by molar-refractivity contribution is 0.0992. The molecule has 1 heterocycles. The van der Waals surface area contributed by atoms with Crippen LogP contribution in [0.4, 0.5) is 10.1 Å². The van der Waals surface area contributed by atoms with Crippen LogP contribution < -0.4 is 9.64 Å². The van der Waals surface area contributed by atoms with Crippen LogP contribution in [0.15, 0.2) is 47.4 Å². The van der Waals surface area contributed by atoms with Crippen molar-refractivity contribution in [2.45, 2.75) is 17.7 Å². The van der Waals surface area contributed by atoms with E-state index >= 15 is 0 Å². The van der Waals surface area contributed by atoms with Gasteiger partial charge in [0.1, 0.15) is 16.5 Å². The van der Waals surface area contributed by atoms with E-state index in [-0.39, 0.29) is 5.56 Å². The predicted octanol–water partition coefficient (Wildman–Crippen LogP) is 2.90. The van der Waals surface area contributed by atoms with Crippen LogP contribution in [0.5, 0.6) is 5.75 Å². The Labute approximate surface area is 158 Å². The molecule has 0 aliphatic carbocycles. The minimum atomic E-state index is -3.97. The number of rotatable bonds is 5. The molecule has 0 bridgehead atoms. The summed E-state index contributed by atoms with van der Waals surface area (Å²) in [6.07, 6.45) is 1.49. The summed E-state index contributed by atoms with van der Waals surface area (Å²) >= 11 is 0. The second kappa shape index (κ2) is 7.66. The van der Waals surface area contributed by atoms with Gasteiger partial charge in [-0.3, -0.25) is 4.79 Å². The molecule has 1 saturated heterocycles. The summed E-state index contributed by atoms with van der Waals surface area (Å²) in [6, 6.07) is 10.4. The molecule has 1 aliphatic rings. The number of methoxy groups -OCH3 is 1. The summed E-state index contributed by atoms with van der Waals surface area (Å²) in [4.78, 5) is 13.7. The molecular weight excluding hydrogens is 371 g/mol. The molecule has 8 heteroatoms. The molecule has 1 amide bonds. The Morgan fingerprint density at radius 3 is 2.48 bits per heavy atom. The van der Waals surface area contributed by atoms with Crippen molar-refractivity contribution >= 4 is 21.6 Å². The van der Waals surface area contributed by atoms with E-state index in [0.29, 0.717) is 24.5 Å². The van der Waals surface area contributed by atoms with Crippen molar-refractivity contribution in [2.75, 3.05) is 32.1 Å². The van der Waals surface area contributed by atoms with Gasteiger partial charge < -0.3 is 9.64 Å². The zero-order valence-electron chi connectivity index (χ0n) is 15.2. The van der Waals surface area contributed by atoms with E-state index in [1.165, 1.54) is 22.4 Å². The van der Waals surface area contributed by atoms with Gasteiger partial charge in [-0.05, 0) is 43.2 Å². The average Bonchev–Trinajstić information content (AvgIpc) is 3.22. The smallest absolute Gasteiger partial charge is 0.258 e. The number of benzene rings is 2. The Balaban J connectivity index is 1.97. The quantitative estimate of drug-likeness (QED) is 0.785. The van der Waals surface area contributed by atoms with Crippen molar-refractivity contribution < 1.29 is 22.3 Å². The van der Waals surface area contributed by atoms with Gasteiger partial charge in [0.15, 0.2) is 0 Å². The highest BCUT2D eigenvalue weighted by Crippen LogP contribution is 2.29. The van der Waals surface area contributed by atoms with Crippen LogP contribution in [0.2, 0.25) is 0 Å². The van der Waals surface area contributed by atoms with E-state index < -0.39 is 26.6 Å². The number of amides is 1. The molecule has 0 aromatic heterocycles. The summed E-state index contributed by atoms with van der Waals surface area (Å²) in [5.74, 6) is -0.823. The maximum Gasteiger partial charge on any atom is 0.258 e. The SMILES string of the molecule is COc1ccccc1N(C)C(=O)c1ccc(F)c(S(=O)(=O)N2CCCC2)c1. The van der Waals surface area contributed by atoms with E-state index in [4.69, 9.17) is 4.74 Å². The fourth-order valence-corrected chi connectivity index (χ4v) is 4.72. The van der Waals surface area contributed by atoms with Crippen LogP contribution in [-0.2, 0) is 10.0 Å². The first-order chi connectivity index (χ1) is 12.9. The number of hydrogen-bond acceptors (Lipinski definition) is 4. The number of carbonyl (C=O) groups excluding carboxylic acids is 1. The maximum atomic E-state index is 14.3. The number of ether oxygens (including phenoxy) is 1. The fourth-order valence-electron chi connectivity index (χ4n) is 3.11. The molecule has 6 nitrogen and oxygen atoms in total. The molecule has 27 heavy (non-hydrogen) atoms. The normalized spacial score (nSPS) is 14.9. The van der Waals surface area contributed by atoms with Crippen molar-refractivity contribution in [1.29, 1.82) is 0 Å². The van der Waals surface area contributed by atoms with Gasteiger partial charge in [-0.1, -0.05) is 12.1 Å². The molecule has 0 spiro atoms. The maximum absolute atomic E-state index is 14.3. The highest BCUT2D eigenvalue weighted by Gasteiger charge is 2.31. The first-order valence-electron chi connectivity index (χ1n) is 8.57. The fraction of sp³-hybridized carbons (Fsp3) is 0.316. The van der Waals surface area contributed by atoms with Gasteiger partial charge in [0, 0.05) is 25.7 Å². The molecule has 2 aromatic carbocycles. The van der Waals surface area contributed by atoms with Crippen molar-refractivity contribution in [3.8, 4) is 5.75 Å². The van der Waals surface area contributed by atoms with Gasteiger partial charge in [-0.25, -0.2) is 12.8 Å². The first-order valence-corrected chi connectivity index (χ1v) is 10.0. The largest absolute Gasteiger partial charge is 0.495 e. The Kier molecular flexibility index (Phi) is 5.48. The topological polar surface area (TPSA) is 66.9 Å². The summed E-state index contributed by atoms with van der Waals surface area (Å²) in [7, 11) is -0.916. The Hall–Kier alpha value is -2.45. The van der Waals surface area contributed by atoms with E-state index in [1.54, 1.807) is 31.3 Å². The van der Waals surface area contributed by atoms with Gasteiger partial charge >= 0.3 is 0 Å². The van der Waals surface area contributed by atoms with Crippen molar-refractivity contribution in [1.82, 2.24) is 4.31 Å². The van der Waals surface area contributed by atoms with Gasteiger partial charge in [0.05, 0.1) is 12.8 Å². The summed E-state index contributed by atoms with van der Waals surface area (Å²) in [5, 5.41) is 0. The van der Waals surface area contributed by atoms with Gasteiger partial charge in [-0.15, -0.1) is 0 Å². The van der Waals surface area contributed by atoms with Crippen molar-refractivity contribution in [3.63, 3.8) is 0 Å². The predicted molar refractivity (Wildman–Crippen MR) is 100 cm³/mol. The van der Waals surface area contributed by atoms with Gasteiger partial charge in [0.2, 0.25) is 10.0 Å². The van der Waals surface area contributed by atoms with E-state index in [0.717, 1.165) is 25.0 Å². The van der Waals surface area contributed by atoms with E-state index in [9.17, 15) is 17.6 Å². The molecular formula is C19H21FN2O4S. The summed E-state index contributed by atoms with van der Waals surface area (Å²) in [5.41, 5.74) is 0.612. The second-order valence-corrected chi connectivity index (χ2v) is 8.20. The molecule has 0 atom stereocenters.